The topological polar surface area (TPSA) is 56.7 Å². The Morgan fingerprint density at radius 3 is 2.48 bits per heavy atom. The summed E-state index contributed by atoms with van der Waals surface area (Å²) in [5, 5.41) is 9.16. The van der Waals surface area contributed by atoms with Crippen LogP contribution >= 0.6 is 22.7 Å². The molecule has 5 aromatic rings. The lowest BCUT2D eigenvalue weighted by Gasteiger charge is -2.07. The van der Waals surface area contributed by atoms with Crippen molar-refractivity contribution in [3.63, 3.8) is 0 Å². The minimum absolute atomic E-state index is 0.804. The molecule has 0 amide bonds. The monoisotopic (exact) mass is 471 g/mol. The van der Waals surface area contributed by atoms with Gasteiger partial charge in [0.05, 0.1) is 35.4 Å². The fourth-order valence-electron chi connectivity index (χ4n) is 3.33. The van der Waals surface area contributed by atoms with Gasteiger partial charge in [0, 0.05) is 23.5 Å². The number of imidazole rings is 1. The number of hydrogen-bond acceptors (Lipinski definition) is 6. The molecule has 0 aliphatic heterocycles. The maximum atomic E-state index is 5.26. The molecular weight excluding hydrogens is 450 g/mol. The van der Waals surface area contributed by atoms with E-state index in [-0.39, 0.29) is 0 Å². The van der Waals surface area contributed by atoms with Gasteiger partial charge in [-0.25, -0.2) is 14.7 Å². The summed E-state index contributed by atoms with van der Waals surface area (Å²) in [6, 6.07) is 20.1. The number of hydrogen-bond donors (Lipinski definition) is 0. The fourth-order valence-corrected chi connectivity index (χ4v) is 4.97. The summed E-state index contributed by atoms with van der Waals surface area (Å²) in [5.41, 5.74) is 4.88. The van der Waals surface area contributed by atoms with Gasteiger partial charge in [-0.15, -0.1) is 22.7 Å². The van der Waals surface area contributed by atoms with E-state index < -0.39 is 0 Å². The SMILES string of the molecule is COc1ccc(N=c2scc(-c3cccs3)n2N=C(C)c2ccc(-n3ccnc3)cc2)cc1. The molecular formula is C25H21N5OS2. The molecule has 0 spiro atoms. The third kappa shape index (κ3) is 4.57. The zero-order chi connectivity index (χ0) is 22.6. The maximum absolute atomic E-state index is 5.26. The van der Waals surface area contributed by atoms with Crippen LogP contribution in [0.15, 0.2) is 100 Å². The number of methoxy groups -OCH3 is 1. The van der Waals surface area contributed by atoms with E-state index in [0.717, 1.165) is 43.8 Å². The van der Waals surface area contributed by atoms with E-state index in [1.165, 1.54) is 0 Å². The van der Waals surface area contributed by atoms with Crippen molar-refractivity contribution in [1.29, 1.82) is 0 Å². The Morgan fingerprint density at radius 1 is 1.00 bits per heavy atom. The number of thiophene rings is 1. The molecule has 0 aliphatic rings. The quantitative estimate of drug-likeness (QED) is 0.286. The van der Waals surface area contributed by atoms with Crippen LogP contribution in [0.3, 0.4) is 0 Å². The average Bonchev–Trinajstić information content (AvgIpc) is 3.63. The van der Waals surface area contributed by atoms with E-state index in [0.29, 0.717) is 0 Å². The zero-order valence-corrected chi connectivity index (χ0v) is 19.8. The van der Waals surface area contributed by atoms with E-state index >= 15 is 0 Å². The molecule has 0 bridgehead atoms. The Balaban J connectivity index is 1.56. The highest BCUT2D eigenvalue weighted by atomic mass is 32.1. The molecule has 0 saturated heterocycles. The van der Waals surface area contributed by atoms with Crippen molar-refractivity contribution < 1.29 is 4.74 Å². The second-order valence-corrected chi connectivity index (χ2v) is 8.99. The molecule has 5 rings (SSSR count). The third-order valence-corrected chi connectivity index (χ3v) is 6.80. The standard InChI is InChI=1S/C25H21N5OS2/c1-18(19-5-9-21(10-6-19)29-14-13-26-17-29)28-30-23(24-4-3-15-32-24)16-33-25(30)27-20-7-11-22(31-2)12-8-20/h3-17H,1-2H3. The largest absolute Gasteiger partial charge is 0.497 e. The van der Waals surface area contributed by atoms with E-state index in [1.807, 2.05) is 52.7 Å². The summed E-state index contributed by atoms with van der Waals surface area (Å²) < 4.78 is 9.17. The van der Waals surface area contributed by atoms with Crippen molar-refractivity contribution in [2.75, 3.05) is 7.11 Å². The highest BCUT2D eigenvalue weighted by molar-refractivity contribution is 7.14. The summed E-state index contributed by atoms with van der Waals surface area (Å²) in [6.07, 6.45) is 5.49. The second kappa shape index (κ2) is 9.40. The molecule has 0 saturated carbocycles. The average molecular weight is 472 g/mol. The van der Waals surface area contributed by atoms with Crippen LogP contribution in [0.1, 0.15) is 12.5 Å². The van der Waals surface area contributed by atoms with Gasteiger partial charge >= 0.3 is 0 Å². The molecule has 0 radical (unpaired) electrons. The van der Waals surface area contributed by atoms with Gasteiger partial charge in [-0.1, -0.05) is 18.2 Å². The van der Waals surface area contributed by atoms with Gasteiger partial charge < -0.3 is 9.30 Å². The third-order valence-electron chi connectivity index (χ3n) is 5.09. The molecule has 0 unspecified atom stereocenters. The summed E-state index contributed by atoms with van der Waals surface area (Å²) in [6.45, 7) is 2.02. The van der Waals surface area contributed by atoms with Crippen molar-refractivity contribution in [3.05, 3.63) is 101 Å². The summed E-state index contributed by atoms with van der Waals surface area (Å²) in [7, 11) is 1.66. The normalized spacial score (nSPS) is 12.3. The second-order valence-electron chi connectivity index (χ2n) is 7.20. The molecule has 0 aliphatic carbocycles. The van der Waals surface area contributed by atoms with Crippen LogP contribution < -0.4 is 9.54 Å². The van der Waals surface area contributed by atoms with Crippen molar-refractivity contribution in [2.45, 2.75) is 6.92 Å². The van der Waals surface area contributed by atoms with E-state index in [4.69, 9.17) is 14.8 Å². The van der Waals surface area contributed by atoms with E-state index in [2.05, 4.69) is 46.1 Å². The fraction of sp³-hybridized carbons (Fsp3) is 0.0800. The highest BCUT2D eigenvalue weighted by Gasteiger charge is 2.10. The Kier molecular flexibility index (Phi) is 6.01. The lowest BCUT2D eigenvalue weighted by Crippen LogP contribution is -2.13. The van der Waals surface area contributed by atoms with Gasteiger partial charge in [0.15, 0.2) is 0 Å². The number of rotatable bonds is 6. The number of aromatic nitrogens is 3. The summed E-state index contributed by atoms with van der Waals surface area (Å²) in [4.78, 5) is 10.9. The van der Waals surface area contributed by atoms with Crippen molar-refractivity contribution >= 4 is 34.1 Å². The smallest absolute Gasteiger partial charge is 0.211 e. The molecule has 33 heavy (non-hydrogen) atoms. The number of thiazole rings is 1. The molecule has 3 heterocycles. The first-order valence-corrected chi connectivity index (χ1v) is 12.0. The Labute approximate surface area is 199 Å². The van der Waals surface area contributed by atoms with Gasteiger partial charge in [-0.05, 0) is 60.3 Å². The van der Waals surface area contributed by atoms with Crippen LogP contribution in [0, 0.1) is 0 Å². The Bertz CT molecular complexity index is 1430. The first-order chi connectivity index (χ1) is 16.2. The first-order valence-electron chi connectivity index (χ1n) is 10.3. The molecule has 0 fully saturated rings. The van der Waals surface area contributed by atoms with Gasteiger partial charge in [0.2, 0.25) is 4.80 Å². The molecule has 3 aromatic heterocycles. The minimum Gasteiger partial charge on any atom is -0.497 e. The van der Waals surface area contributed by atoms with Crippen molar-refractivity contribution in [3.8, 4) is 22.0 Å². The van der Waals surface area contributed by atoms with Crippen LogP contribution in [-0.4, -0.2) is 27.0 Å². The minimum atomic E-state index is 0.804. The predicted octanol–water partition coefficient (Wildman–Crippen LogP) is 5.98. The van der Waals surface area contributed by atoms with Crippen molar-refractivity contribution in [1.82, 2.24) is 14.2 Å². The predicted molar refractivity (Wildman–Crippen MR) is 135 cm³/mol. The first kappa shape index (κ1) is 21.1. The Morgan fingerprint density at radius 2 is 1.82 bits per heavy atom. The molecule has 164 valence electrons. The maximum Gasteiger partial charge on any atom is 0.211 e. The van der Waals surface area contributed by atoms with Crippen molar-refractivity contribution in [2.24, 2.45) is 10.1 Å². The van der Waals surface area contributed by atoms with Gasteiger partial charge in [0.1, 0.15) is 5.75 Å². The molecule has 6 nitrogen and oxygen atoms in total. The number of nitrogens with zero attached hydrogens (tertiary/aromatic N) is 5. The van der Waals surface area contributed by atoms with Crippen LogP contribution in [-0.2, 0) is 0 Å². The number of benzene rings is 2. The number of ether oxygens (including phenoxy) is 1. The Hall–Kier alpha value is -3.75. The van der Waals surface area contributed by atoms with E-state index in [1.54, 1.807) is 42.3 Å². The van der Waals surface area contributed by atoms with Gasteiger partial charge in [-0.2, -0.15) is 5.10 Å². The van der Waals surface area contributed by atoms with Crippen LogP contribution in [0.5, 0.6) is 5.75 Å². The molecule has 8 heteroatoms. The molecule has 0 N–H and O–H groups in total. The zero-order valence-electron chi connectivity index (χ0n) is 18.1. The lowest BCUT2D eigenvalue weighted by molar-refractivity contribution is 0.415. The van der Waals surface area contributed by atoms with Gasteiger partial charge in [0.25, 0.3) is 0 Å². The lowest BCUT2D eigenvalue weighted by atomic mass is 10.1. The molecule has 2 aromatic carbocycles. The highest BCUT2D eigenvalue weighted by Crippen LogP contribution is 2.26. The summed E-state index contributed by atoms with van der Waals surface area (Å²) in [5.74, 6) is 0.806. The van der Waals surface area contributed by atoms with Crippen LogP contribution in [0.2, 0.25) is 0 Å². The van der Waals surface area contributed by atoms with Crippen LogP contribution in [0.4, 0.5) is 5.69 Å². The summed E-state index contributed by atoms with van der Waals surface area (Å²) >= 11 is 3.26. The van der Waals surface area contributed by atoms with Crippen LogP contribution in [0.25, 0.3) is 16.3 Å². The van der Waals surface area contributed by atoms with E-state index in [9.17, 15) is 0 Å². The van der Waals surface area contributed by atoms with Gasteiger partial charge in [-0.3, -0.25) is 0 Å². The molecule has 0 atom stereocenters.